The van der Waals surface area contributed by atoms with Crippen molar-refractivity contribution in [3.63, 3.8) is 0 Å². The largest absolute Gasteiger partial charge is 0.507 e. The van der Waals surface area contributed by atoms with Gasteiger partial charge in [-0.05, 0) is 23.8 Å². The van der Waals surface area contributed by atoms with Gasteiger partial charge in [0.05, 0.1) is 5.56 Å². The molecule has 220 valence electrons. The lowest BCUT2D eigenvalue weighted by molar-refractivity contribution is -0.288. The van der Waals surface area contributed by atoms with Crippen LogP contribution in [0.4, 0.5) is 4.39 Å². The first-order valence-corrected chi connectivity index (χ1v) is 12.4. The number of carbonyl (C=O) groups is 5. The third kappa shape index (κ3) is 8.48. The molecule has 0 aromatic heterocycles. The van der Waals surface area contributed by atoms with Crippen LogP contribution in [0.5, 0.6) is 11.5 Å². The molecule has 0 amide bonds. The number of hydrogen-bond donors (Lipinski definition) is 1. The number of halogens is 1. The average Bonchev–Trinajstić information content (AvgIpc) is 2.87. The fraction of sp³-hybridized carbons (Fsp3) is 0.393. The highest BCUT2D eigenvalue weighted by molar-refractivity contribution is 6.00. The minimum atomic E-state index is -1.53. The standard InChI is InChI=1S/C28H29FO12/c1-14(30)36-13-24-25(37-15(2)31)26(38-16(3)32)27(39-17(4)33)28(41-24)40-19-9-10-20(23(35)12-19)22(34)11-18-7-5-6-8-21(18)29/h5-10,12,24-28,35H,11,13H2,1-4H3/t24-,25-,26-,27-,28+/m0/s1. The van der Waals surface area contributed by atoms with Crippen LogP contribution in [-0.4, -0.2) is 72.1 Å². The Morgan fingerprint density at radius 1 is 0.829 bits per heavy atom. The van der Waals surface area contributed by atoms with Crippen LogP contribution in [-0.2, 0) is 49.3 Å². The molecule has 3 rings (SSSR count). The quantitative estimate of drug-likeness (QED) is 0.250. The molecule has 1 aliphatic heterocycles. The Morgan fingerprint density at radius 3 is 2.02 bits per heavy atom. The average molecular weight is 577 g/mol. The van der Waals surface area contributed by atoms with Gasteiger partial charge >= 0.3 is 23.9 Å². The third-order valence-electron chi connectivity index (χ3n) is 5.78. The number of benzene rings is 2. The first kappa shape index (κ1) is 31.0. The van der Waals surface area contributed by atoms with Crippen LogP contribution < -0.4 is 4.74 Å². The summed E-state index contributed by atoms with van der Waals surface area (Å²) in [5.41, 5.74) is 0.0388. The zero-order chi connectivity index (χ0) is 30.3. The van der Waals surface area contributed by atoms with Gasteiger partial charge in [-0.15, -0.1) is 0 Å². The number of rotatable bonds is 10. The molecule has 0 aliphatic carbocycles. The lowest BCUT2D eigenvalue weighted by Crippen LogP contribution is -2.63. The molecule has 1 aliphatic rings. The molecular weight excluding hydrogens is 547 g/mol. The maximum Gasteiger partial charge on any atom is 0.303 e. The van der Waals surface area contributed by atoms with Crippen LogP contribution in [0.3, 0.4) is 0 Å². The first-order valence-electron chi connectivity index (χ1n) is 12.4. The van der Waals surface area contributed by atoms with E-state index in [1.807, 2.05) is 0 Å². The molecule has 1 saturated heterocycles. The number of phenols is 1. The molecule has 41 heavy (non-hydrogen) atoms. The molecule has 1 heterocycles. The van der Waals surface area contributed by atoms with Crippen molar-refractivity contribution >= 4 is 29.7 Å². The summed E-state index contributed by atoms with van der Waals surface area (Å²) in [6, 6.07) is 9.38. The van der Waals surface area contributed by atoms with E-state index in [2.05, 4.69) is 0 Å². The smallest absolute Gasteiger partial charge is 0.303 e. The molecule has 0 unspecified atom stereocenters. The Bertz CT molecular complexity index is 1310. The van der Waals surface area contributed by atoms with Gasteiger partial charge in [0.1, 0.15) is 30.0 Å². The van der Waals surface area contributed by atoms with Crippen LogP contribution in [0.25, 0.3) is 0 Å². The summed E-state index contributed by atoms with van der Waals surface area (Å²) < 4.78 is 46.6. The Morgan fingerprint density at radius 2 is 1.44 bits per heavy atom. The SMILES string of the molecule is CC(=O)OC[C@@H]1O[C@@H](Oc2ccc(C(=O)Cc3ccccc3F)c(O)c2)[C@@H](OC(C)=O)[C@@H](OC(C)=O)[C@H]1OC(C)=O. The van der Waals surface area contributed by atoms with Crippen LogP contribution in [0, 0.1) is 5.82 Å². The lowest BCUT2D eigenvalue weighted by Gasteiger charge is -2.43. The van der Waals surface area contributed by atoms with Gasteiger partial charge < -0.3 is 33.5 Å². The van der Waals surface area contributed by atoms with Crippen LogP contribution in [0.1, 0.15) is 43.6 Å². The van der Waals surface area contributed by atoms with Gasteiger partial charge in [-0.25, -0.2) is 4.39 Å². The number of phenolic OH excluding ortho intramolecular Hbond substituents is 1. The van der Waals surface area contributed by atoms with Crippen molar-refractivity contribution in [2.45, 2.75) is 64.8 Å². The monoisotopic (exact) mass is 576 g/mol. The van der Waals surface area contributed by atoms with Gasteiger partial charge in [0.25, 0.3) is 0 Å². The van der Waals surface area contributed by atoms with Crippen molar-refractivity contribution < 1.29 is 61.9 Å². The number of ketones is 1. The first-order chi connectivity index (χ1) is 19.3. The van der Waals surface area contributed by atoms with E-state index in [4.69, 9.17) is 28.4 Å². The second-order valence-electron chi connectivity index (χ2n) is 9.06. The highest BCUT2D eigenvalue weighted by Crippen LogP contribution is 2.33. The topological polar surface area (TPSA) is 161 Å². The number of ether oxygens (including phenoxy) is 6. The van der Waals surface area contributed by atoms with E-state index in [0.717, 1.165) is 33.8 Å². The van der Waals surface area contributed by atoms with Crippen molar-refractivity contribution in [2.24, 2.45) is 0 Å². The van der Waals surface area contributed by atoms with E-state index in [-0.39, 0.29) is 23.3 Å². The normalized spacial score (nSPS) is 21.7. The Balaban J connectivity index is 1.92. The second-order valence-corrected chi connectivity index (χ2v) is 9.06. The van der Waals surface area contributed by atoms with Gasteiger partial charge in [-0.2, -0.15) is 0 Å². The van der Waals surface area contributed by atoms with E-state index < -0.39 is 78.5 Å². The zero-order valence-corrected chi connectivity index (χ0v) is 22.7. The lowest BCUT2D eigenvalue weighted by atomic mass is 9.98. The molecule has 12 nitrogen and oxygen atoms in total. The van der Waals surface area contributed by atoms with E-state index >= 15 is 0 Å². The summed E-state index contributed by atoms with van der Waals surface area (Å²) in [6.45, 7) is 3.94. The minimum absolute atomic E-state index is 0.0640. The maximum absolute atomic E-state index is 14.0. The van der Waals surface area contributed by atoms with Gasteiger partial charge in [0, 0.05) is 40.2 Å². The summed E-state index contributed by atoms with van der Waals surface area (Å²) in [7, 11) is 0. The third-order valence-corrected chi connectivity index (χ3v) is 5.78. The second kappa shape index (κ2) is 13.7. The predicted octanol–water partition coefficient (Wildman–Crippen LogP) is 2.42. The minimum Gasteiger partial charge on any atom is -0.507 e. The van der Waals surface area contributed by atoms with Crippen molar-refractivity contribution in [3.05, 3.63) is 59.4 Å². The molecule has 0 bridgehead atoms. The number of hydrogen-bond acceptors (Lipinski definition) is 12. The summed E-state index contributed by atoms with van der Waals surface area (Å²) >= 11 is 0. The summed E-state index contributed by atoms with van der Waals surface area (Å²) in [5, 5.41) is 10.6. The van der Waals surface area contributed by atoms with Crippen molar-refractivity contribution in [2.75, 3.05) is 6.61 Å². The molecule has 5 atom stereocenters. The zero-order valence-electron chi connectivity index (χ0n) is 22.7. The molecule has 2 aromatic rings. The number of esters is 4. The van der Waals surface area contributed by atoms with Gasteiger partial charge in [-0.1, -0.05) is 18.2 Å². The Hall–Kier alpha value is -4.52. The van der Waals surface area contributed by atoms with E-state index in [1.54, 1.807) is 6.07 Å². The molecule has 0 spiro atoms. The van der Waals surface area contributed by atoms with E-state index in [0.29, 0.717) is 0 Å². The Kier molecular flexibility index (Phi) is 10.4. The van der Waals surface area contributed by atoms with Crippen LogP contribution >= 0.6 is 0 Å². The Labute approximate surface area is 234 Å². The number of Topliss-reactive ketones (excluding diaryl/α,β-unsaturated/α-hetero) is 1. The highest BCUT2D eigenvalue weighted by atomic mass is 19.1. The molecule has 13 heteroatoms. The molecule has 1 N–H and O–H groups in total. The molecule has 0 saturated carbocycles. The summed E-state index contributed by atoms with van der Waals surface area (Å²) in [6.07, 6.45) is -7.38. The van der Waals surface area contributed by atoms with Crippen molar-refractivity contribution in [3.8, 4) is 11.5 Å². The summed E-state index contributed by atoms with van der Waals surface area (Å²) in [4.78, 5) is 59.9. The van der Waals surface area contributed by atoms with Gasteiger partial charge in [0.15, 0.2) is 18.0 Å². The van der Waals surface area contributed by atoms with E-state index in [1.165, 1.54) is 30.3 Å². The molecule has 1 fully saturated rings. The van der Waals surface area contributed by atoms with Crippen molar-refractivity contribution in [1.82, 2.24) is 0 Å². The fourth-order valence-electron chi connectivity index (χ4n) is 4.15. The van der Waals surface area contributed by atoms with Crippen LogP contribution in [0.2, 0.25) is 0 Å². The summed E-state index contributed by atoms with van der Waals surface area (Å²) in [5.74, 6) is -4.78. The fourth-order valence-corrected chi connectivity index (χ4v) is 4.15. The van der Waals surface area contributed by atoms with Crippen LogP contribution in [0.15, 0.2) is 42.5 Å². The highest BCUT2D eigenvalue weighted by Gasteiger charge is 2.53. The van der Waals surface area contributed by atoms with E-state index in [9.17, 15) is 33.5 Å². The van der Waals surface area contributed by atoms with Gasteiger partial charge in [0.2, 0.25) is 12.4 Å². The van der Waals surface area contributed by atoms with Crippen molar-refractivity contribution in [1.29, 1.82) is 0 Å². The molecule has 2 aromatic carbocycles. The number of carbonyl (C=O) groups excluding carboxylic acids is 5. The molecule has 0 radical (unpaired) electrons. The predicted molar refractivity (Wildman–Crippen MR) is 135 cm³/mol. The van der Waals surface area contributed by atoms with Gasteiger partial charge in [-0.3, -0.25) is 24.0 Å². The number of aromatic hydroxyl groups is 1. The molecular formula is C28H29FO12. The maximum atomic E-state index is 14.0.